The molecular formula is C17H22N8O. The predicted octanol–water partition coefficient (Wildman–Crippen LogP) is 1.11. The number of aromatic nitrogens is 6. The molecule has 136 valence electrons. The van der Waals surface area contributed by atoms with E-state index in [1.54, 1.807) is 18.7 Å². The normalized spacial score (nSPS) is 20.3. The van der Waals surface area contributed by atoms with Gasteiger partial charge in [0.1, 0.15) is 6.33 Å². The molecule has 1 N–H and O–H groups in total. The van der Waals surface area contributed by atoms with E-state index in [0.29, 0.717) is 24.4 Å². The van der Waals surface area contributed by atoms with E-state index in [0.717, 1.165) is 17.0 Å². The summed E-state index contributed by atoms with van der Waals surface area (Å²) in [7, 11) is 3.81. The minimum absolute atomic E-state index is 0.00121. The Balaban J connectivity index is 1.62. The Labute approximate surface area is 151 Å². The van der Waals surface area contributed by atoms with E-state index in [1.165, 1.54) is 0 Å². The van der Waals surface area contributed by atoms with E-state index in [1.807, 2.05) is 35.0 Å². The Morgan fingerprint density at radius 1 is 1.31 bits per heavy atom. The molecule has 3 aromatic heterocycles. The molecule has 0 bridgehead atoms. The third-order valence-electron chi connectivity index (χ3n) is 5.30. The van der Waals surface area contributed by atoms with E-state index in [4.69, 9.17) is 0 Å². The molecule has 1 saturated heterocycles. The molecule has 9 heteroatoms. The monoisotopic (exact) mass is 354 g/mol. The smallest absolute Gasteiger partial charge is 0.223 e. The number of anilines is 1. The van der Waals surface area contributed by atoms with Crippen LogP contribution in [0.15, 0.2) is 18.7 Å². The second-order valence-corrected chi connectivity index (χ2v) is 6.84. The molecule has 26 heavy (non-hydrogen) atoms. The molecule has 0 unspecified atom stereocenters. The van der Waals surface area contributed by atoms with Crippen molar-refractivity contribution in [1.29, 1.82) is 0 Å². The van der Waals surface area contributed by atoms with Crippen LogP contribution in [0.3, 0.4) is 0 Å². The van der Waals surface area contributed by atoms with Crippen LogP contribution in [0.5, 0.6) is 0 Å². The van der Waals surface area contributed by atoms with Gasteiger partial charge in [0.25, 0.3) is 0 Å². The van der Waals surface area contributed by atoms with E-state index >= 15 is 0 Å². The zero-order valence-corrected chi connectivity index (χ0v) is 15.3. The van der Waals surface area contributed by atoms with Crippen molar-refractivity contribution in [3.05, 3.63) is 35.7 Å². The lowest BCUT2D eigenvalue weighted by Gasteiger charge is -2.26. The fourth-order valence-corrected chi connectivity index (χ4v) is 3.89. The number of hydrogen-bond acceptors (Lipinski definition) is 6. The molecular weight excluding hydrogens is 332 g/mol. The number of aryl methyl sites for hydroxylation is 2. The van der Waals surface area contributed by atoms with Gasteiger partial charge in [-0.15, -0.1) is 10.2 Å². The van der Waals surface area contributed by atoms with Crippen LogP contribution in [0, 0.1) is 19.8 Å². The predicted molar refractivity (Wildman–Crippen MR) is 95.6 cm³/mol. The highest BCUT2D eigenvalue weighted by atomic mass is 16.2. The molecule has 0 radical (unpaired) electrons. The van der Waals surface area contributed by atoms with Crippen molar-refractivity contribution < 1.29 is 4.79 Å². The van der Waals surface area contributed by atoms with E-state index in [9.17, 15) is 4.79 Å². The maximum atomic E-state index is 12.4. The summed E-state index contributed by atoms with van der Waals surface area (Å²) in [6.07, 6.45) is 5.65. The maximum Gasteiger partial charge on any atom is 0.223 e. The average molecular weight is 354 g/mol. The summed E-state index contributed by atoms with van der Waals surface area (Å²) in [5.41, 5.74) is 3.88. The van der Waals surface area contributed by atoms with Gasteiger partial charge in [0, 0.05) is 56.6 Å². The zero-order chi connectivity index (χ0) is 18.4. The minimum atomic E-state index is 0.00121. The molecule has 3 aromatic rings. The van der Waals surface area contributed by atoms with Gasteiger partial charge in [-0.05, 0) is 13.8 Å². The molecule has 4 rings (SSSR count). The first-order chi connectivity index (χ1) is 12.5. The fraction of sp³-hybridized carbons (Fsp3) is 0.471. The summed E-state index contributed by atoms with van der Waals surface area (Å²) in [5.74, 6) is 0.947. The van der Waals surface area contributed by atoms with Gasteiger partial charge in [-0.25, -0.2) is 4.98 Å². The molecule has 1 amide bonds. The Morgan fingerprint density at radius 3 is 2.85 bits per heavy atom. The van der Waals surface area contributed by atoms with Gasteiger partial charge < -0.3 is 10.2 Å². The first kappa shape index (κ1) is 16.5. The van der Waals surface area contributed by atoms with Crippen LogP contribution in [0.2, 0.25) is 0 Å². The van der Waals surface area contributed by atoms with Gasteiger partial charge >= 0.3 is 0 Å². The van der Waals surface area contributed by atoms with Gasteiger partial charge in [-0.1, -0.05) is 0 Å². The van der Waals surface area contributed by atoms with Crippen LogP contribution in [0.4, 0.5) is 5.82 Å². The third kappa shape index (κ3) is 2.51. The van der Waals surface area contributed by atoms with Gasteiger partial charge in [0.15, 0.2) is 5.82 Å². The van der Waals surface area contributed by atoms with Crippen molar-refractivity contribution in [2.24, 2.45) is 13.0 Å². The number of hydrogen-bond donors (Lipinski definition) is 1. The third-order valence-corrected chi connectivity index (χ3v) is 5.30. The van der Waals surface area contributed by atoms with Gasteiger partial charge in [0.2, 0.25) is 11.6 Å². The van der Waals surface area contributed by atoms with Gasteiger partial charge in [-0.2, -0.15) is 5.10 Å². The fourth-order valence-electron chi connectivity index (χ4n) is 3.89. The largest absolute Gasteiger partial charge is 0.367 e. The molecule has 4 heterocycles. The van der Waals surface area contributed by atoms with Crippen molar-refractivity contribution in [1.82, 2.24) is 34.3 Å². The zero-order valence-electron chi connectivity index (χ0n) is 15.3. The van der Waals surface area contributed by atoms with Crippen LogP contribution < -0.4 is 5.32 Å². The number of fused-ring (bicyclic) bond motifs is 1. The number of nitrogens with zero attached hydrogens (tertiary/aromatic N) is 7. The van der Waals surface area contributed by atoms with Crippen molar-refractivity contribution >= 4 is 17.4 Å². The van der Waals surface area contributed by atoms with Crippen molar-refractivity contribution in [3.8, 4) is 0 Å². The SMILES string of the molecule is Cc1nn(C)c(C)c1[C@H]1[C@H](CNc2nccn3cnnc23)CC(=O)N1C. The summed E-state index contributed by atoms with van der Waals surface area (Å²) in [5, 5.41) is 15.9. The van der Waals surface area contributed by atoms with Crippen LogP contribution in [0.1, 0.15) is 29.4 Å². The van der Waals surface area contributed by atoms with Crippen molar-refractivity contribution in [2.45, 2.75) is 26.3 Å². The Morgan fingerprint density at radius 2 is 2.12 bits per heavy atom. The molecule has 1 fully saturated rings. The molecule has 0 aliphatic carbocycles. The Bertz CT molecular complexity index is 974. The topological polar surface area (TPSA) is 93.2 Å². The molecule has 0 aromatic carbocycles. The van der Waals surface area contributed by atoms with Gasteiger partial charge in [-0.3, -0.25) is 13.9 Å². The lowest BCUT2D eigenvalue weighted by molar-refractivity contribution is -0.127. The van der Waals surface area contributed by atoms with Crippen LogP contribution >= 0.6 is 0 Å². The number of likely N-dealkylation sites (tertiary alicyclic amines) is 1. The van der Waals surface area contributed by atoms with Crippen LogP contribution in [-0.4, -0.2) is 53.8 Å². The number of carbonyl (C=O) groups is 1. The Kier molecular flexibility index (Phi) is 3.86. The first-order valence-corrected chi connectivity index (χ1v) is 8.61. The number of amides is 1. The summed E-state index contributed by atoms with van der Waals surface area (Å²) in [6, 6.07) is 0.00121. The molecule has 2 atom stereocenters. The number of nitrogens with one attached hydrogen (secondary N) is 1. The van der Waals surface area contributed by atoms with E-state index < -0.39 is 0 Å². The second-order valence-electron chi connectivity index (χ2n) is 6.84. The average Bonchev–Trinajstić information content (AvgIpc) is 3.26. The van der Waals surface area contributed by atoms with Crippen molar-refractivity contribution in [3.63, 3.8) is 0 Å². The standard InChI is InChI=1S/C17H22N8O/c1-10-14(11(2)24(4)22-10)15-12(7-13(26)23(15)3)8-19-16-17-21-20-9-25(17)6-5-18-16/h5-6,9,12,15H,7-8H2,1-4H3,(H,18,19)/t12-,15+/m0/s1. The highest BCUT2D eigenvalue weighted by Gasteiger charge is 2.40. The highest BCUT2D eigenvalue weighted by Crippen LogP contribution is 2.39. The molecule has 9 nitrogen and oxygen atoms in total. The lowest BCUT2D eigenvalue weighted by Crippen LogP contribution is -2.27. The van der Waals surface area contributed by atoms with Crippen LogP contribution in [-0.2, 0) is 11.8 Å². The second kappa shape index (κ2) is 6.08. The first-order valence-electron chi connectivity index (χ1n) is 8.61. The number of carbonyl (C=O) groups excluding carboxylic acids is 1. The number of rotatable bonds is 4. The summed E-state index contributed by atoms with van der Waals surface area (Å²) in [6.45, 7) is 4.67. The maximum absolute atomic E-state index is 12.4. The summed E-state index contributed by atoms with van der Waals surface area (Å²) < 4.78 is 3.69. The molecule has 1 aliphatic heterocycles. The Hall–Kier alpha value is -2.97. The van der Waals surface area contributed by atoms with Gasteiger partial charge in [0.05, 0.1) is 11.7 Å². The molecule has 0 saturated carbocycles. The van der Waals surface area contributed by atoms with E-state index in [2.05, 4.69) is 32.5 Å². The van der Waals surface area contributed by atoms with Crippen molar-refractivity contribution in [2.75, 3.05) is 18.9 Å². The quantitative estimate of drug-likeness (QED) is 0.754. The van der Waals surface area contributed by atoms with Crippen LogP contribution in [0.25, 0.3) is 5.65 Å². The summed E-state index contributed by atoms with van der Waals surface area (Å²) >= 11 is 0. The highest BCUT2D eigenvalue weighted by molar-refractivity contribution is 5.79. The summed E-state index contributed by atoms with van der Waals surface area (Å²) in [4.78, 5) is 18.6. The van der Waals surface area contributed by atoms with E-state index in [-0.39, 0.29) is 17.9 Å². The minimum Gasteiger partial charge on any atom is -0.367 e. The lowest BCUT2D eigenvalue weighted by atomic mass is 9.92. The molecule has 1 aliphatic rings. The molecule has 0 spiro atoms.